The van der Waals surface area contributed by atoms with Crippen LogP contribution in [0.25, 0.3) is 0 Å². The molecule has 0 bridgehead atoms. The van der Waals surface area contributed by atoms with E-state index >= 15 is 0 Å². The fourth-order valence-corrected chi connectivity index (χ4v) is 2.35. The van der Waals surface area contributed by atoms with Crippen molar-refractivity contribution in [2.75, 3.05) is 11.9 Å². The number of hydrogen-bond donors (Lipinski definition) is 1. The average Bonchev–Trinajstić information content (AvgIpc) is 2.85. The number of aromatic nitrogens is 2. The molecule has 0 radical (unpaired) electrons. The molecule has 1 aliphatic carbocycles. The van der Waals surface area contributed by atoms with E-state index in [-0.39, 0.29) is 0 Å². The Balaban J connectivity index is 1.54. The zero-order valence-corrected chi connectivity index (χ0v) is 11.9. The third-order valence-electron chi connectivity index (χ3n) is 3.77. The molecule has 0 unspecified atom stereocenters. The van der Waals surface area contributed by atoms with Crippen molar-refractivity contribution in [1.82, 2.24) is 9.78 Å². The standard InChI is InChI=1S/C16H21N3O/c1-2-20-15-8-6-13(7-9-15)12-17-16-10-11-19(18-16)14-4-3-5-14/h6-11,14H,2-5,12H2,1H3,(H,17,18). The molecule has 1 N–H and O–H groups in total. The Morgan fingerprint density at radius 1 is 1.25 bits per heavy atom. The van der Waals surface area contributed by atoms with Gasteiger partial charge >= 0.3 is 0 Å². The highest BCUT2D eigenvalue weighted by Gasteiger charge is 2.19. The van der Waals surface area contributed by atoms with Crippen LogP contribution in [0.4, 0.5) is 5.82 Å². The Hall–Kier alpha value is -1.97. The first-order valence-corrected chi connectivity index (χ1v) is 7.36. The smallest absolute Gasteiger partial charge is 0.148 e. The van der Waals surface area contributed by atoms with Gasteiger partial charge in [0.2, 0.25) is 0 Å². The molecule has 0 atom stereocenters. The minimum atomic E-state index is 0.621. The summed E-state index contributed by atoms with van der Waals surface area (Å²) in [6, 6.07) is 10.9. The van der Waals surface area contributed by atoms with Crippen LogP contribution in [-0.4, -0.2) is 16.4 Å². The lowest BCUT2D eigenvalue weighted by molar-refractivity contribution is 0.290. The zero-order chi connectivity index (χ0) is 13.8. The first-order chi connectivity index (χ1) is 9.85. The second-order valence-corrected chi connectivity index (χ2v) is 5.20. The topological polar surface area (TPSA) is 39.1 Å². The van der Waals surface area contributed by atoms with E-state index in [0.717, 1.165) is 18.1 Å². The van der Waals surface area contributed by atoms with Gasteiger partial charge in [0.15, 0.2) is 0 Å². The summed E-state index contributed by atoms with van der Waals surface area (Å²) in [6.45, 7) is 3.48. The van der Waals surface area contributed by atoms with Gasteiger partial charge in [0.1, 0.15) is 11.6 Å². The average molecular weight is 271 g/mol. The van der Waals surface area contributed by atoms with E-state index in [1.54, 1.807) is 0 Å². The summed E-state index contributed by atoms with van der Waals surface area (Å²) in [6.07, 6.45) is 5.93. The number of nitrogens with zero attached hydrogens (tertiary/aromatic N) is 2. The van der Waals surface area contributed by atoms with Gasteiger partial charge in [0.05, 0.1) is 12.6 Å². The number of hydrogen-bond acceptors (Lipinski definition) is 3. The molecule has 20 heavy (non-hydrogen) atoms. The molecule has 1 saturated carbocycles. The Labute approximate surface area is 119 Å². The van der Waals surface area contributed by atoms with Crippen LogP contribution in [0.1, 0.15) is 37.8 Å². The third kappa shape index (κ3) is 2.95. The minimum Gasteiger partial charge on any atom is -0.494 e. The van der Waals surface area contributed by atoms with Crippen LogP contribution in [0.2, 0.25) is 0 Å². The predicted molar refractivity (Wildman–Crippen MR) is 80.1 cm³/mol. The normalized spacial score (nSPS) is 14.8. The highest BCUT2D eigenvalue weighted by atomic mass is 16.5. The van der Waals surface area contributed by atoms with Crippen LogP contribution < -0.4 is 10.1 Å². The lowest BCUT2D eigenvalue weighted by atomic mass is 9.93. The molecule has 1 aromatic carbocycles. The Bertz CT molecular complexity index is 543. The molecule has 2 aromatic rings. The van der Waals surface area contributed by atoms with Gasteiger partial charge in [-0.3, -0.25) is 4.68 Å². The van der Waals surface area contributed by atoms with E-state index in [2.05, 4.69) is 33.4 Å². The van der Waals surface area contributed by atoms with E-state index in [4.69, 9.17) is 4.74 Å². The summed E-state index contributed by atoms with van der Waals surface area (Å²) in [5.74, 6) is 1.87. The summed E-state index contributed by atoms with van der Waals surface area (Å²) >= 11 is 0. The molecule has 3 rings (SSSR count). The van der Waals surface area contributed by atoms with Crippen LogP contribution in [0.3, 0.4) is 0 Å². The molecular weight excluding hydrogens is 250 g/mol. The van der Waals surface area contributed by atoms with Crippen molar-refractivity contribution in [3.63, 3.8) is 0 Å². The second-order valence-electron chi connectivity index (χ2n) is 5.20. The second kappa shape index (κ2) is 5.99. The van der Waals surface area contributed by atoms with Crippen molar-refractivity contribution in [2.45, 2.75) is 38.8 Å². The highest BCUT2D eigenvalue weighted by molar-refractivity contribution is 5.35. The maximum Gasteiger partial charge on any atom is 0.148 e. The van der Waals surface area contributed by atoms with Crippen molar-refractivity contribution < 1.29 is 4.74 Å². The minimum absolute atomic E-state index is 0.621. The molecule has 1 aliphatic rings. The van der Waals surface area contributed by atoms with Crippen LogP contribution in [0.5, 0.6) is 5.75 Å². The van der Waals surface area contributed by atoms with Crippen LogP contribution in [-0.2, 0) is 6.54 Å². The number of benzene rings is 1. The molecule has 4 nitrogen and oxygen atoms in total. The molecule has 0 aliphatic heterocycles. The summed E-state index contributed by atoms with van der Waals surface area (Å²) in [5, 5.41) is 7.94. The fraction of sp³-hybridized carbons (Fsp3) is 0.438. The summed E-state index contributed by atoms with van der Waals surface area (Å²) in [7, 11) is 0. The van der Waals surface area contributed by atoms with Gasteiger partial charge in [-0.2, -0.15) is 5.10 Å². The van der Waals surface area contributed by atoms with E-state index in [9.17, 15) is 0 Å². The predicted octanol–water partition coefficient (Wildman–Crippen LogP) is 3.62. The van der Waals surface area contributed by atoms with Gasteiger partial charge in [-0.05, 0) is 43.9 Å². The van der Waals surface area contributed by atoms with Crippen molar-refractivity contribution in [3.05, 3.63) is 42.1 Å². The molecule has 1 fully saturated rings. The molecule has 0 amide bonds. The van der Waals surface area contributed by atoms with Crippen molar-refractivity contribution in [1.29, 1.82) is 0 Å². The molecule has 0 spiro atoms. The molecule has 0 saturated heterocycles. The van der Waals surface area contributed by atoms with E-state index in [1.165, 1.54) is 24.8 Å². The molecular formula is C16H21N3O. The van der Waals surface area contributed by atoms with Gasteiger partial charge in [0.25, 0.3) is 0 Å². The fourth-order valence-electron chi connectivity index (χ4n) is 2.35. The monoisotopic (exact) mass is 271 g/mol. The maximum atomic E-state index is 5.44. The quantitative estimate of drug-likeness (QED) is 0.872. The van der Waals surface area contributed by atoms with E-state index in [0.29, 0.717) is 12.6 Å². The van der Waals surface area contributed by atoms with Gasteiger partial charge in [0, 0.05) is 18.8 Å². The first kappa shape index (κ1) is 13.0. The highest BCUT2D eigenvalue weighted by Crippen LogP contribution is 2.31. The zero-order valence-electron chi connectivity index (χ0n) is 11.9. The van der Waals surface area contributed by atoms with E-state index in [1.807, 2.05) is 25.1 Å². The van der Waals surface area contributed by atoms with Gasteiger partial charge < -0.3 is 10.1 Å². The van der Waals surface area contributed by atoms with Crippen LogP contribution >= 0.6 is 0 Å². The third-order valence-corrected chi connectivity index (χ3v) is 3.77. The number of anilines is 1. The SMILES string of the molecule is CCOc1ccc(CNc2ccn(C3CCC3)n2)cc1. The van der Waals surface area contributed by atoms with Crippen molar-refractivity contribution in [2.24, 2.45) is 0 Å². The summed E-state index contributed by atoms with van der Waals surface area (Å²) < 4.78 is 7.52. The van der Waals surface area contributed by atoms with Crippen LogP contribution in [0.15, 0.2) is 36.5 Å². The maximum absolute atomic E-state index is 5.44. The summed E-state index contributed by atoms with van der Waals surface area (Å²) in [5.41, 5.74) is 1.23. The Morgan fingerprint density at radius 3 is 2.70 bits per heavy atom. The Kier molecular flexibility index (Phi) is 3.90. The van der Waals surface area contributed by atoms with Gasteiger partial charge in [-0.1, -0.05) is 12.1 Å². The molecule has 1 aromatic heterocycles. The van der Waals surface area contributed by atoms with Crippen molar-refractivity contribution in [3.8, 4) is 5.75 Å². The number of ether oxygens (including phenoxy) is 1. The molecule has 4 heteroatoms. The summed E-state index contributed by atoms with van der Waals surface area (Å²) in [4.78, 5) is 0. The van der Waals surface area contributed by atoms with Gasteiger partial charge in [-0.25, -0.2) is 0 Å². The van der Waals surface area contributed by atoms with Crippen molar-refractivity contribution >= 4 is 5.82 Å². The number of nitrogens with one attached hydrogen (secondary N) is 1. The number of rotatable bonds is 6. The molecule has 106 valence electrons. The Morgan fingerprint density at radius 2 is 2.05 bits per heavy atom. The first-order valence-electron chi connectivity index (χ1n) is 7.36. The molecule has 1 heterocycles. The van der Waals surface area contributed by atoms with Crippen LogP contribution in [0, 0.1) is 0 Å². The largest absolute Gasteiger partial charge is 0.494 e. The lowest BCUT2D eigenvalue weighted by Gasteiger charge is -2.25. The van der Waals surface area contributed by atoms with Gasteiger partial charge in [-0.15, -0.1) is 0 Å². The lowest BCUT2D eigenvalue weighted by Crippen LogP contribution is -2.17. The van der Waals surface area contributed by atoms with E-state index < -0.39 is 0 Å².